The van der Waals surface area contributed by atoms with Crippen molar-refractivity contribution < 1.29 is 4.74 Å². The van der Waals surface area contributed by atoms with Crippen molar-refractivity contribution in [2.45, 2.75) is 59.8 Å². The molecular formula is C19H27N3O. The molecule has 0 saturated carbocycles. The van der Waals surface area contributed by atoms with Crippen LogP contribution in [0.4, 0.5) is 0 Å². The standard InChI is InChI=1S/C19H27N3O/c1-7-8-23-18-9-14(6)20-19(22-18)15-10-16(12(2)3)21-17(11-15)13(4)5/h9-13H,7-8H2,1-6H3. The predicted octanol–water partition coefficient (Wildman–Crippen LogP) is 4.88. The zero-order valence-corrected chi connectivity index (χ0v) is 15.1. The highest BCUT2D eigenvalue weighted by Crippen LogP contribution is 2.26. The van der Waals surface area contributed by atoms with Crippen LogP contribution >= 0.6 is 0 Å². The van der Waals surface area contributed by atoms with Crippen molar-refractivity contribution in [2.75, 3.05) is 6.61 Å². The third-order valence-corrected chi connectivity index (χ3v) is 3.59. The maximum Gasteiger partial charge on any atom is 0.217 e. The van der Waals surface area contributed by atoms with E-state index in [1.165, 1.54) is 0 Å². The number of pyridine rings is 1. The van der Waals surface area contributed by atoms with Crippen LogP contribution in [0, 0.1) is 6.92 Å². The minimum absolute atomic E-state index is 0.369. The minimum Gasteiger partial charge on any atom is -0.478 e. The number of nitrogens with zero attached hydrogens (tertiary/aromatic N) is 3. The normalized spacial score (nSPS) is 11.3. The van der Waals surface area contributed by atoms with Crippen LogP contribution in [0.25, 0.3) is 11.4 Å². The molecule has 2 rings (SSSR count). The van der Waals surface area contributed by atoms with Gasteiger partial charge in [0.15, 0.2) is 5.82 Å². The molecule has 2 aromatic rings. The third kappa shape index (κ3) is 4.50. The molecule has 0 amide bonds. The van der Waals surface area contributed by atoms with Crippen LogP contribution in [0.15, 0.2) is 18.2 Å². The second-order valence-electron chi connectivity index (χ2n) is 6.53. The number of rotatable bonds is 6. The summed E-state index contributed by atoms with van der Waals surface area (Å²) in [5.74, 6) is 2.09. The predicted molar refractivity (Wildman–Crippen MR) is 94.0 cm³/mol. The summed E-state index contributed by atoms with van der Waals surface area (Å²) in [4.78, 5) is 13.9. The van der Waals surface area contributed by atoms with Gasteiger partial charge in [0.25, 0.3) is 0 Å². The SMILES string of the molecule is CCCOc1cc(C)nc(-c2cc(C(C)C)nc(C(C)C)c2)n1. The van der Waals surface area contributed by atoms with E-state index in [1.54, 1.807) is 0 Å². The van der Waals surface area contributed by atoms with Gasteiger partial charge < -0.3 is 4.74 Å². The van der Waals surface area contributed by atoms with Crippen molar-refractivity contribution in [1.29, 1.82) is 0 Å². The number of ether oxygens (including phenoxy) is 1. The first-order valence-corrected chi connectivity index (χ1v) is 8.41. The van der Waals surface area contributed by atoms with Gasteiger partial charge in [-0.3, -0.25) is 4.98 Å². The summed E-state index contributed by atoms with van der Waals surface area (Å²) >= 11 is 0. The molecule has 4 heteroatoms. The van der Waals surface area contributed by atoms with E-state index in [2.05, 4.69) is 56.7 Å². The second-order valence-corrected chi connectivity index (χ2v) is 6.53. The molecule has 0 N–H and O–H groups in total. The average molecular weight is 313 g/mol. The molecule has 0 spiro atoms. The van der Waals surface area contributed by atoms with E-state index < -0.39 is 0 Å². The maximum absolute atomic E-state index is 5.69. The summed E-state index contributed by atoms with van der Waals surface area (Å²) in [6.45, 7) is 13.3. The molecule has 2 heterocycles. The van der Waals surface area contributed by atoms with E-state index in [9.17, 15) is 0 Å². The molecule has 0 aliphatic rings. The van der Waals surface area contributed by atoms with E-state index in [4.69, 9.17) is 9.72 Å². The fourth-order valence-corrected chi connectivity index (χ4v) is 2.24. The van der Waals surface area contributed by atoms with Crippen molar-refractivity contribution in [3.63, 3.8) is 0 Å². The highest BCUT2D eigenvalue weighted by molar-refractivity contribution is 5.57. The summed E-state index contributed by atoms with van der Waals surface area (Å²) in [6, 6.07) is 6.07. The summed E-state index contributed by atoms with van der Waals surface area (Å²) in [5, 5.41) is 0. The lowest BCUT2D eigenvalue weighted by Gasteiger charge is -2.13. The van der Waals surface area contributed by atoms with E-state index in [-0.39, 0.29) is 0 Å². The topological polar surface area (TPSA) is 47.9 Å². The molecule has 2 aromatic heterocycles. The van der Waals surface area contributed by atoms with E-state index in [0.29, 0.717) is 30.1 Å². The highest BCUT2D eigenvalue weighted by Gasteiger charge is 2.13. The van der Waals surface area contributed by atoms with Crippen LogP contribution in [0.3, 0.4) is 0 Å². The molecule has 23 heavy (non-hydrogen) atoms. The molecule has 0 radical (unpaired) electrons. The van der Waals surface area contributed by atoms with Gasteiger partial charge in [0.1, 0.15) is 0 Å². The molecule has 4 nitrogen and oxygen atoms in total. The van der Waals surface area contributed by atoms with Crippen molar-refractivity contribution in [3.05, 3.63) is 35.3 Å². The monoisotopic (exact) mass is 313 g/mol. The summed E-state index contributed by atoms with van der Waals surface area (Å²) < 4.78 is 5.69. The molecule has 0 aliphatic carbocycles. The van der Waals surface area contributed by atoms with Gasteiger partial charge in [0.2, 0.25) is 5.88 Å². The second kappa shape index (κ2) is 7.53. The first-order chi connectivity index (χ1) is 10.9. The summed E-state index contributed by atoms with van der Waals surface area (Å²) in [6.07, 6.45) is 0.961. The van der Waals surface area contributed by atoms with Crippen LogP contribution in [0.1, 0.15) is 70.0 Å². The van der Waals surface area contributed by atoms with Crippen LogP contribution in [0.5, 0.6) is 5.88 Å². The van der Waals surface area contributed by atoms with E-state index in [1.807, 2.05) is 13.0 Å². The summed E-state index contributed by atoms with van der Waals surface area (Å²) in [5.41, 5.74) is 4.08. The molecule has 0 bridgehead atoms. The Hall–Kier alpha value is -1.97. The van der Waals surface area contributed by atoms with Gasteiger partial charge in [-0.15, -0.1) is 0 Å². The van der Waals surface area contributed by atoms with Gasteiger partial charge >= 0.3 is 0 Å². The molecule has 0 atom stereocenters. The number of aryl methyl sites for hydroxylation is 1. The lowest BCUT2D eigenvalue weighted by Crippen LogP contribution is -2.04. The van der Waals surface area contributed by atoms with Gasteiger partial charge in [-0.1, -0.05) is 34.6 Å². The Morgan fingerprint density at radius 1 is 0.913 bits per heavy atom. The van der Waals surface area contributed by atoms with Gasteiger partial charge in [0, 0.05) is 28.7 Å². The highest BCUT2D eigenvalue weighted by atomic mass is 16.5. The first kappa shape index (κ1) is 17.4. The van der Waals surface area contributed by atoms with Gasteiger partial charge in [-0.25, -0.2) is 4.98 Å². The molecular weight excluding hydrogens is 286 g/mol. The largest absolute Gasteiger partial charge is 0.478 e. The van der Waals surface area contributed by atoms with Gasteiger partial charge in [-0.05, 0) is 37.3 Å². The Bertz CT molecular complexity index is 639. The zero-order valence-electron chi connectivity index (χ0n) is 15.1. The third-order valence-electron chi connectivity index (χ3n) is 3.59. The Labute approximate surface area is 139 Å². The fraction of sp³-hybridized carbons (Fsp3) is 0.526. The van der Waals surface area contributed by atoms with E-state index >= 15 is 0 Å². The van der Waals surface area contributed by atoms with Crippen LogP contribution in [0.2, 0.25) is 0 Å². The van der Waals surface area contributed by atoms with Gasteiger partial charge in [0.05, 0.1) is 6.61 Å². The van der Waals surface area contributed by atoms with Crippen molar-refractivity contribution in [3.8, 4) is 17.3 Å². The quantitative estimate of drug-likeness (QED) is 0.762. The number of aromatic nitrogens is 3. The average Bonchev–Trinajstić information content (AvgIpc) is 2.51. The Balaban J connectivity index is 2.49. The van der Waals surface area contributed by atoms with Crippen LogP contribution in [-0.4, -0.2) is 21.6 Å². The maximum atomic E-state index is 5.69. The lowest BCUT2D eigenvalue weighted by atomic mass is 10.0. The van der Waals surface area contributed by atoms with Crippen molar-refractivity contribution >= 4 is 0 Å². The Kier molecular flexibility index (Phi) is 5.69. The molecule has 0 unspecified atom stereocenters. The van der Waals surface area contributed by atoms with Gasteiger partial charge in [-0.2, -0.15) is 4.98 Å². The molecule has 0 aliphatic heterocycles. The molecule has 124 valence electrons. The Morgan fingerprint density at radius 2 is 1.52 bits per heavy atom. The summed E-state index contributed by atoms with van der Waals surface area (Å²) in [7, 11) is 0. The van der Waals surface area contributed by atoms with Crippen molar-refractivity contribution in [1.82, 2.24) is 15.0 Å². The number of hydrogen-bond acceptors (Lipinski definition) is 4. The van der Waals surface area contributed by atoms with E-state index in [0.717, 1.165) is 29.1 Å². The van der Waals surface area contributed by atoms with Crippen LogP contribution in [-0.2, 0) is 0 Å². The first-order valence-electron chi connectivity index (χ1n) is 8.41. The molecule has 0 aromatic carbocycles. The smallest absolute Gasteiger partial charge is 0.217 e. The van der Waals surface area contributed by atoms with Crippen molar-refractivity contribution in [2.24, 2.45) is 0 Å². The zero-order chi connectivity index (χ0) is 17.0. The molecule has 0 fully saturated rings. The minimum atomic E-state index is 0.369. The number of hydrogen-bond donors (Lipinski definition) is 0. The lowest BCUT2D eigenvalue weighted by molar-refractivity contribution is 0.305. The Morgan fingerprint density at radius 3 is 2.04 bits per heavy atom. The molecule has 0 saturated heterocycles. The van der Waals surface area contributed by atoms with Crippen LogP contribution < -0.4 is 4.74 Å². The fourth-order valence-electron chi connectivity index (χ4n) is 2.24.